The fourth-order valence-electron chi connectivity index (χ4n) is 3.26. The first-order valence-electron chi connectivity index (χ1n) is 9.95. The number of nitrogens with zero attached hydrogens (tertiary/aromatic N) is 4. The fourth-order valence-corrected chi connectivity index (χ4v) is 3.26. The van der Waals surface area contributed by atoms with Crippen LogP contribution in [0.2, 0.25) is 0 Å². The molecule has 0 aliphatic carbocycles. The van der Waals surface area contributed by atoms with E-state index in [1.807, 2.05) is 30.3 Å². The predicted molar refractivity (Wildman–Crippen MR) is 112 cm³/mol. The molecular weight excluding hydrogens is 370 g/mol. The van der Waals surface area contributed by atoms with Crippen molar-refractivity contribution in [1.82, 2.24) is 19.4 Å². The number of likely N-dealkylation sites (tertiary alicyclic amines) is 1. The van der Waals surface area contributed by atoms with Crippen molar-refractivity contribution in [2.45, 2.75) is 25.4 Å². The Morgan fingerprint density at radius 1 is 1.24 bits per heavy atom. The lowest BCUT2D eigenvalue weighted by atomic mass is 10.1. The monoisotopic (exact) mass is 399 g/mol. The number of para-hydroxylation sites is 1. The van der Waals surface area contributed by atoms with Gasteiger partial charge in [0.05, 0.1) is 0 Å². The van der Waals surface area contributed by atoms with Gasteiger partial charge in [-0.15, -0.1) is 0 Å². The molecule has 1 aliphatic heterocycles. The van der Waals surface area contributed by atoms with Gasteiger partial charge in [0.2, 0.25) is 5.91 Å². The summed E-state index contributed by atoms with van der Waals surface area (Å²) in [5, 5.41) is 3.27. The van der Waals surface area contributed by atoms with Crippen molar-refractivity contribution in [3.8, 4) is 5.75 Å². The van der Waals surface area contributed by atoms with Crippen LogP contribution in [0.3, 0.4) is 0 Å². The van der Waals surface area contributed by atoms with Crippen LogP contribution in [0.4, 0.5) is 5.82 Å². The molecule has 1 aliphatic rings. The van der Waals surface area contributed by atoms with Crippen molar-refractivity contribution in [3.05, 3.63) is 53.1 Å². The molecule has 0 unspecified atom stereocenters. The molecule has 0 spiro atoms. The van der Waals surface area contributed by atoms with Crippen LogP contribution in [-0.4, -0.2) is 71.6 Å². The first-order chi connectivity index (χ1) is 14.0. The summed E-state index contributed by atoms with van der Waals surface area (Å²) in [7, 11) is 3.35. The third-order valence-electron chi connectivity index (χ3n) is 5.07. The summed E-state index contributed by atoms with van der Waals surface area (Å²) in [6.45, 7) is 3.44. The lowest BCUT2D eigenvalue weighted by Gasteiger charge is -2.32. The van der Waals surface area contributed by atoms with Crippen LogP contribution < -0.4 is 15.6 Å². The summed E-state index contributed by atoms with van der Waals surface area (Å²) >= 11 is 0. The number of carbonyl (C=O) groups is 1. The van der Waals surface area contributed by atoms with Gasteiger partial charge in [0.25, 0.3) is 5.56 Å². The van der Waals surface area contributed by atoms with E-state index in [0.29, 0.717) is 12.4 Å². The Labute approximate surface area is 171 Å². The normalized spacial score (nSPS) is 15.1. The molecule has 0 bridgehead atoms. The Bertz CT molecular complexity index is 845. The summed E-state index contributed by atoms with van der Waals surface area (Å²) in [4.78, 5) is 32.5. The standard InChI is InChI=1S/C21H29N5O3/c1-24(2)19(27)16-26-13-10-22-20(21(26)28)23-17-8-11-25(12-9-17)14-15-29-18-6-4-3-5-7-18/h3-7,10,13,17H,8-9,11-12,14-16H2,1-2H3,(H,22,23). The summed E-state index contributed by atoms with van der Waals surface area (Å²) in [5.41, 5.74) is -0.263. The number of hydrogen-bond acceptors (Lipinski definition) is 6. The minimum Gasteiger partial charge on any atom is -0.492 e. The van der Waals surface area contributed by atoms with Crippen LogP contribution in [0.15, 0.2) is 47.5 Å². The highest BCUT2D eigenvalue weighted by atomic mass is 16.5. The highest BCUT2D eigenvalue weighted by molar-refractivity contribution is 5.75. The summed E-state index contributed by atoms with van der Waals surface area (Å²) in [6, 6.07) is 10.0. The van der Waals surface area contributed by atoms with Crippen molar-refractivity contribution in [3.63, 3.8) is 0 Å². The molecule has 1 amide bonds. The molecule has 0 radical (unpaired) electrons. The van der Waals surface area contributed by atoms with Crippen LogP contribution in [-0.2, 0) is 11.3 Å². The van der Waals surface area contributed by atoms with Gasteiger partial charge in [0.15, 0.2) is 5.82 Å². The van der Waals surface area contributed by atoms with E-state index in [-0.39, 0.29) is 24.1 Å². The average Bonchev–Trinajstić information content (AvgIpc) is 2.73. The summed E-state index contributed by atoms with van der Waals surface area (Å²) in [5.74, 6) is 1.07. The number of nitrogens with one attached hydrogen (secondary N) is 1. The molecule has 1 aromatic heterocycles. The minimum absolute atomic E-state index is 0.0168. The van der Waals surface area contributed by atoms with Gasteiger partial charge < -0.3 is 19.5 Å². The number of aromatic nitrogens is 2. The molecule has 8 heteroatoms. The molecule has 1 N–H and O–H groups in total. The average molecular weight is 399 g/mol. The zero-order valence-corrected chi connectivity index (χ0v) is 17.1. The molecular formula is C21H29N5O3. The quantitative estimate of drug-likeness (QED) is 0.721. The van der Waals surface area contributed by atoms with Gasteiger partial charge in [-0.3, -0.25) is 14.5 Å². The molecule has 2 aromatic rings. The highest BCUT2D eigenvalue weighted by Crippen LogP contribution is 2.14. The molecule has 1 fully saturated rings. The van der Waals surface area contributed by atoms with E-state index >= 15 is 0 Å². The van der Waals surface area contributed by atoms with Crippen molar-refractivity contribution < 1.29 is 9.53 Å². The first kappa shape index (κ1) is 20.9. The second kappa shape index (κ2) is 10.1. The maximum atomic E-state index is 12.6. The smallest absolute Gasteiger partial charge is 0.293 e. The third-order valence-corrected chi connectivity index (χ3v) is 5.07. The minimum atomic E-state index is -0.263. The number of hydrogen-bond donors (Lipinski definition) is 1. The van der Waals surface area contributed by atoms with Crippen molar-refractivity contribution in [2.24, 2.45) is 0 Å². The van der Waals surface area contributed by atoms with Crippen LogP contribution in [0.1, 0.15) is 12.8 Å². The Hall–Kier alpha value is -2.87. The Kier molecular flexibility index (Phi) is 7.24. The van der Waals surface area contributed by atoms with Crippen LogP contribution in [0.25, 0.3) is 0 Å². The largest absolute Gasteiger partial charge is 0.492 e. The van der Waals surface area contributed by atoms with E-state index < -0.39 is 0 Å². The van der Waals surface area contributed by atoms with Gasteiger partial charge in [-0.1, -0.05) is 18.2 Å². The van der Waals surface area contributed by atoms with E-state index in [2.05, 4.69) is 15.2 Å². The molecule has 1 aromatic carbocycles. The predicted octanol–water partition coefficient (Wildman–Crippen LogP) is 1.29. The Morgan fingerprint density at radius 3 is 2.66 bits per heavy atom. The van der Waals surface area contributed by atoms with Gasteiger partial charge in [0, 0.05) is 52.2 Å². The summed E-state index contributed by atoms with van der Waals surface area (Å²) < 4.78 is 7.16. The SMILES string of the molecule is CN(C)C(=O)Cn1ccnc(NC2CCN(CCOc3ccccc3)CC2)c1=O. The number of anilines is 1. The van der Waals surface area contributed by atoms with Gasteiger partial charge in [-0.05, 0) is 25.0 Å². The van der Waals surface area contributed by atoms with Crippen molar-refractivity contribution in [1.29, 1.82) is 0 Å². The van der Waals surface area contributed by atoms with Crippen LogP contribution in [0, 0.1) is 0 Å². The zero-order chi connectivity index (χ0) is 20.6. The van der Waals surface area contributed by atoms with Crippen molar-refractivity contribution in [2.75, 3.05) is 45.7 Å². The second-order valence-corrected chi connectivity index (χ2v) is 7.42. The highest BCUT2D eigenvalue weighted by Gasteiger charge is 2.20. The molecule has 3 rings (SSSR count). The van der Waals surface area contributed by atoms with Gasteiger partial charge >= 0.3 is 0 Å². The number of carbonyl (C=O) groups excluding carboxylic acids is 1. The maximum Gasteiger partial charge on any atom is 0.293 e. The number of amides is 1. The maximum absolute atomic E-state index is 12.6. The van der Waals surface area contributed by atoms with E-state index in [0.717, 1.165) is 38.2 Å². The van der Waals surface area contributed by atoms with Crippen molar-refractivity contribution >= 4 is 11.7 Å². The molecule has 156 valence electrons. The Balaban J connectivity index is 1.46. The van der Waals surface area contributed by atoms with Gasteiger partial charge in [-0.25, -0.2) is 4.98 Å². The second-order valence-electron chi connectivity index (χ2n) is 7.42. The molecule has 29 heavy (non-hydrogen) atoms. The molecule has 0 saturated carbocycles. The molecule has 8 nitrogen and oxygen atoms in total. The molecule has 2 heterocycles. The topological polar surface area (TPSA) is 79.7 Å². The van der Waals surface area contributed by atoms with Gasteiger partial charge in [0.1, 0.15) is 18.9 Å². The fraction of sp³-hybridized carbons (Fsp3) is 0.476. The summed E-state index contributed by atoms with van der Waals surface area (Å²) in [6.07, 6.45) is 4.96. The lowest BCUT2D eigenvalue weighted by Crippen LogP contribution is -2.42. The molecule has 0 atom stereocenters. The molecule has 1 saturated heterocycles. The number of rotatable bonds is 8. The first-order valence-corrected chi connectivity index (χ1v) is 9.95. The number of likely N-dealkylation sites (N-methyl/N-ethyl adjacent to an activating group) is 1. The number of benzene rings is 1. The van der Waals surface area contributed by atoms with Crippen LogP contribution in [0.5, 0.6) is 5.75 Å². The van der Waals surface area contributed by atoms with E-state index in [1.54, 1.807) is 26.5 Å². The van der Waals surface area contributed by atoms with Crippen LogP contribution >= 0.6 is 0 Å². The number of piperidine rings is 1. The third kappa shape index (κ3) is 6.05. The zero-order valence-electron chi connectivity index (χ0n) is 17.1. The van der Waals surface area contributed by atoms with E-state index in [1.165, 1.54) is 9.47 Å². The Morgan fingerprint density at radius 2 is 1.97 bits per heavy atom. The lowest BCUT2D eigenvalue weighted by molar-refractivity contribution is -0.129. The van der Waals surface area contributed by atoms with Gasteiger partial charge in [-0.2, -0.15) is 0 Å². The van der Waals surface area contributed by atoms with E-state index in [9.17, 15) is 9.59 Å². The van der Waals surface area contributed by atoms with E-state index in [4.69, 9.17) is 4.74 Å². The number of ether oxygens (including phenoxy) is 1.